The standard InChI is InChI=1S/C20H28N12O8S2/c21-18(22)25-5-1-4-24-6-10-7-26-31(29-10)8-12-14(16(34)32(12)42(37,38)39)28-15(33)13(11-9-41-19(23)27-11)30-40-20(2-3-20)17(35)36/h7,9,12,14,24H,1-6,8H2,(H2,23,27)(H,28,33)(H,35,36)(H4,21,22,25)(H,37,38,39)/b30-13-/t12-,14+/m1/s1. The normalized spacial score (nSPS) is 19.6. The summed E-state index contributed by atoms with van der Waals surface area (Å²) < 4.78 is 33.6. The van der Waals surface area contributed by atoms with Gasteiger partial charge in [0.15, 0.2) is 16.8 Å². The van der Waals surface area contributed by atoms with Gasteiger partial charge >= 0.3 is 16.3 Å². The fourth-order valence-corrected chi connectivity index (χ4v) is 5.26. The van der Waals surface area contributed by atoms with Gasteiger partial charge in [-0.2, -0.15) is 23.4 Å². The van der Waals surface area contributed by atoms with Crippen molar-refractivity contribution in [3.63, 3.8) is 0 Å². The predicted octanol–water partition coefficient (Wildman–Crippen LogP) is -3.39. The van der Waals surface area contributed by atoms with E-state index in [2.05, 4.69) is 36.0 Å². The quantitative estimate of drug-likeness (QED) is 0.0252. The number of carbonyl (C=O) groups excluding carboxylic acids is 2. The van der Waals surface area contributed by atoms with E-state index in [1.165, 1.54) is 11.6 Å². The smallest absolute Gasteiger partial charge is 0.362 e. The van der Waals surface area contributed by atoms with Crippen LogP contribution in [0.25, 0.3) is 0 Å². The van der Waals surface area contributed by atoms with Crippen LogP contribution in [0.3, 0.4) is 0 Å². The van der Waals surface area contributed by atoms with Gasteiger partial charge < -0.3 is 37.8 Å². The lowest BCUT2D eigenvalue weighted by atomic mass is 9.98. The number of nitrogen functional groups attached to an aromatic ring is 1. The number of β-lactam (4-membered cyclic amide) rings is 1. The first-order valence-electron chi connectivity index (χ1n) is 12.3. The van der Waals surface area contributed by atoms with Gasteiger partial charge in [0.2, 0.25) is 5.60 Å². The Hall–Kier alpha value is -4.41. The molecule has 1 aliphatic carbocycles. The summed E-state index contributed by atoms with van der Waals surface area (Å²) in [5, 5.41) is 28.2. The molecule has 10 N–H and O–H groups in total. The van der Waals surface area contributed by atoms with Crippen molar-refractivity contribution in [1.82, 2.24) is 34.9 Å². The van der Waals surface area contributed by atoms with E-state index in [0.29, 0.717) is 31.7 Å². The van der Waals surface area contributed by atoms with Crippen LogP contribution in [0, 0.1) is 0 Å². The van der Waals surface area contributed by atoms with Crippen LogP contribution in [0.1, 0.15) is 30.7 Å². The molecule has 1 aliphatic heterocycles. The van der Waals surface area contributed by atoms with Crippen molar-refractivity contribution >= 4 is 56.2 Å². The molecular weight excluding hydrogens is 600 g/mol. The molecule has 0 spiro atoms. The van der Waals surface area contributed by atoms with Gasteiger partial charge in [-0.25, -0.2) is 14.1 Å². The van der Waals surface area contributed by atoms with Crippen LogP contribution in [0.4, 0.5) is 5.13 Å². The molecule has 1 saturated heterocycles. The second-order valence-electron chi connectivity index (χ2n) is 9.26. The van der Waals surface area contributed by atoms with Crippen LogP contribution in [0.5, 0.6) is 0 Å². The summed E-state index contributed by atoms with van der Waals surface area (Å²) in [5.74, 6) is -3.43. The third-order valence-electron chi connectivity index (χ3n) is 6.14. The van der Waals surface area contributed by atoms with Gasteiger partial charge in [0.05, 0.1) is 18.4 Å². The molecule has 42 heavy (non-hydrogen) atoms. The van der Waals surface area contributed by atoms with Gasteiger partial charge in [0.1, 0.15) is 17.8 Å². The minimum atomic E-state index is -5.00. The molecule has 3 heterocycles. The number of nitrogens with one attached hydrogen (secondary N) is 2. The van der Waals surface area contributed by atoms with Gasteiger partial charge in [-0.15, -0.1) is 11.3 Å². The lowest BCUT2D eigenvalue weighted by Crippen LogP contribution is -2.73. The van der Waals surface area contributed by atoms with E-state index in [1.807, 2.05) is 0 Å². The van der Waals surface area contributed by atoms with Crippen molar-refractivity contribution in [1.29, 1.82) is 0 Å². The number of hydrogen-bond acceptors (Lipinski definition) is 14. The molecule has 2 fully saturated rings. The molecule has 2 amide bonds. The number of oxime groups is 1. The maximum Gasteiger partial charge on any atom is 0.362 e. The van der Waals surface area contributed by atoms with Crippen molar-refractivity contribution in [2.45, 2.75) is 50.0 Å². The number of aliphatic imine (C=N–C) groups is 1. The third kappa shape index (κ3) is 7.07. The SMILES string of the molecule is NC(N)=NCCCNCc1cnn(C[C@@H]2[C@H](NC(=O)/C(=N\OC3(C(=O)O)CC3)c3csc(N)n3)C(=O)N2S(=O)(=O)O)n1. The number of carbonyl (C=O) groups is 3. The van der Waals surface area contributed by atoms with Crippen LogP contribution < -0.4 is 27.8 Å². The number of anilines is 1. The maximum absolute atomic E-state index is 13.2. The van der Waals surface area contributed by atoms with Crippen LogP contribution in [0.15, 0.2) is 21.7 Å². The van der Waals surface area contributed by atoms with E-state index in [4.69, 9.17) is 22.0 Å². The molecule has 2 aromatic rings. The van der Waals surface area contributed by atoms with Crippen molar-refractivity contribution in [3.8, 4) is 0 Å². The minimum Gasteiger partial charge on any atom is -0.478 e. The Morgan fingerprint density at radius 3 is 2.64 bits per heavy atom. The Bertz CT molecular complexity index is 1510. The zero-order valence-corrected chi connectivity index (χ0v) is 23.4. The summed E-state index contributed by atoms with van der Waals surface area (Å²) in [5.41, 5.74) is 14.5. The molecule has 228 valence electrons. The van der Waals surface area contributed by atoms with E-state index in [9.17, 15) is 32.5 Å². The monoisotopic (exact) mass is 628 g/mol. The van der Waals surface area contributed by atoms with Gasteiger partial charge in [0, 0.05) is 31.3 Å². The first kappa shape index (κ1) is 30.5. The summed E-state index contributed by atoms with van der Waals surface area (Å²) in [6, 6.07) is -2.78. The van der Waals surface area contributed by atoms with Crippen molar-refractivity contribution < 1.29 is 37.3 Å². The Balaban J connectivity index is 1.45. The van der Waals surface area contributed by atoms with Crippen LogP contribution in [-0.2, 0) is 42.6 Å². The highest BCUT2D eigenvalue weighted by atomic mass is 32.2. The first-order chi connectivity index (χ1) is 19.8. The maximum atomic E-state index is 13.2. The van der Waals surface area contributed by atoms with Crippen molar-refractivity contribution in [2.24, 2.45) is 21.6 Å². The second kappa shape index (κ2) is 12.2. The van der Waals surface area contributed by atoms with E-state index in [0.717, 1.165) is 16.1 Å². The molecule has 2 aliphatic rings. The zero-order valence-electron chi connectivity index (χ0n) is 21.8. The molecule has 4 rings (SSSR count). The lowest BCUT2D eigenvalue weighted by Gasteiger charge is -2.43. The van der Waals surface area contributed by atoms with E-state index < -0.39 is 51.5 Å². The topological polar surface area (TPSA) is 309 Å². The largest absolute Gasteiger partial charge is 0.478 e. The predicted molar refractivity (Wildman–Crippen MR) is 145 cm³/mol. The molecular formula is C20H28N12O8S2. The first-order valence-corrected chi connectivity index (χ1v) is 14.6. The molecule has 0 radical (unpaired) electrons. The summed E-state index contributed by atoms with van der Waals surface area (Å²) in [6.07, 6.45) is 2.40. The number of aromatic nitrogens is 4. The lowest BCUT2D eigenvalue weighted by molar-refractivity contribution is -0.153. The highest BCUT2D eigenvalue weighted by Crippen LogP contribution is 2.40. The van der Waals surface area contributed by atoms with Gasteiger partial charge in [-0.1, -0.05) is 5.16 Å². The molecule has 22 heteroatoms. The van der Waals surface area contributed by atoms with Crippen molar-refractivity contribution in [3.05, 3.63) is 23.0 Å². The summed E-state index contributed by atoms with van der Waals surface area (Å²) in [4.78, 5) is 51.4. The van der Waals surface area contributed by atoms with E-state index >= 15 is 0 Å². The summed E-state index contributed by atoms with van der Waals surface area (Å²) in [6.45, 7) is 0.986. The summed E-state index contributed by atoms with van der Waals surface area (Å²) in [7, 11) is -5.00. The number of guanidine groups is 1. The highest BCUT2D eigenvalue weighted by molar-refractivity contribution is 7.84. The molecule has 0 aromatic carbocycles. The van der Waals surface area contributed by atoms with Gasteiger partial charge in [-0.05, 0) is 13.0 Å². The fourth-order valence-electron chi connectivity index (χ4n) is 3.84. The number of amides is 2. The number of carboxylic acid groups (broad SMARTS) is 1. The van der Waals surface area contributed by atoms with Crippen molar-refractivity contribution in [2.75, 3.05) is 18.8 Å². The zero-order chi connectivity index (χ0) is 30.7. The third-order valence-corrected chi connectivity index (χ3v) is 7.76. The average Bonchev–Trinajstić information content (AvgIpc) is 3.37. The van der Waals surface area contributed by atoms with E-state index in [1.54, 1.807) is 0 Å². The number of nitrogens with zero attached hydrogens (tertiary/aromatic N) is 7. The molecule has 2 atom stereocenters. The molecule has 20 nitrogen and oxygen atoms in total. The Morgan fingerprint density at radius 2 is 2.05 bits per heavy atom. The van der Waals surface area contributed by atoms with Crippen LogP contribution in [0.2, 0.25) is 0 Å². The summed E-state index contributed by atoms with van der Waals surface area (Å²) >= 11 is 0.969. The minimum absolute atomic E-state index is 0.00430. The van der Waals surface area contributed by atoms with Gasteiger partial charge in [0.25, 0.3) is 11.8 Å². The van der Waals surface area contributed by atoms with Crippen LogP contribution in [-0.4, -0.2) is 103 Å². The molecule has 0 bridgehead atoms. The number of thiazole rings is 1. The Kier molecular flexibility index (Phi) is 8.89. The Labute approximate surface area is 241 Å². The van der Waals surface area contributed by atoms with E-state index in [-0.39, 0.29) is 40.5 Å². The number of aliphatic carboxylic acids is 1. The number of nitrogens with two attached hydrogens (primary N) is 3. The molecule has 0 unspecified atom stereocenters. The number of hydrogen-bond donors (Lipinski definition) is 7. The Morgan fingerprint density at radius 1 is 1.31 bits per heavy atom. The van der Waals surface area contributed by atoms with Gasteiger partial charge in [-0.3, -0.25) is 19.1 Å². The number of rotatable bonds is 15. The average molecular weight is 629 g/mol. The second-order valence-corrected chi connectivity index (χ2v) is 11.4. The fraction of sp³-hybridized carbons (Fsp3) is 0.500. The molecule has 1 saturated carbocycles. The molecule has 2 aromatic heterocycles. The highest BCUT2D eigenvalue weighted by Gasteiger charge is 2.56. The number of carboxylic acids is 1. The van der Waals surface area contributed by atoms with Crippen LogP contribution >= 0.6 is 11.3 Å².